The molecule has 0 atom stereocenters. The second-order valence-electron chi connectivity index (χ2n) is 8.61. The Bertz CT molecular complexity index is 1480. The van der Waals surface area contributed by atoms with Gasteiger partial charge in [0.25, 0.3) is 11.8 Å². The molecule has 0 saturated heterocycles. The third kappa shape index (κ3) is 3.20. The van der Waals surface area contributed by atoms with Crippen molar-refractivity contribution in [1.29, 1.82) is 0 Å². The summed E-state index contributed by atoms with van der Waals surface area (Å²) in [5.74, 6) is -1.12. The van der Waals surface area contributed by atoms with E-state index in [2.05, 4.69) is 12.1 Å². The molecule has 2 amide bonds. The van der Waals surface area contributed by atoms with Crippen LogP contribution < -0.4 is 4.90 Å². The normalized spacial score (nSPS) is 15.9. The zero-order valence-electron chi connectivity index (χ0n) is 18.4. The van der Waals surface area contributed by atoms with Gasteiger partial charge in [-0.15, -0.1) is 0 Å². The van der Waals surface area contributed by atoms with Crippen molar-refractivity contribution in [2.75, 3.05) is 11.4 Å². The zero-order chi connectivity index (χ0) is 23.2. The summed E-state index contributed by atoms with van der Waals surface area (Å²) in [6.07, 6.45) is 0.784. The maximum absolute atomic E-state index is 14.0. The minimum atomic E-state index is -0.388. The Kier molecular flexibility index (Phi) is 4.77. The van der Waals surface area contributed by atoms with Gasteiger partial charge >= 0.3 is 0 Å². The minimum Gasteiger partial charge on any atom is -0.362 e. The quantitative estimate of drug-likeness (QED) is 0.398. The molecule has 0 saturated carbocycles. The molecule has 0 fully saturated rings. The van der Waals surface area contributed by atoms with Gasteiger partial charge in [0.2, 0.25) is 0 Å². The van der Waals surface area contributed by atoms with Crippen LogP contribution in [0.25, 0.3) is 16.3 Å². The lowest BCUT2D eigenvalue weighted by atomic mass is 9.98. The first kappa shape index (κ1) is 20.4. The average Bonchev–Trinajstić information content (AvgIpc) is 3.13. The van der Waals surface area contributed by atoms with Gasteiger partial charge in [-0.2, -0.15) is 0 Å². The Hall–Kier alpha value is -4.25. The van der Waals surface area contributed by atoms with E-state index in [1.54, 1.807) is 18.2 Å². The molecule has 0 aliphatic carbocycles. The van der Waals surface area contributed by atoms with Crippen LogP contribution in [-0.2, 0) is 22.6 Å². The van der Waals surface area contributed by atoms with Crippen molar-refractivity contribution in [2.24, 2.45) is 0 Å². The topological polar surface area (TPSA) is 40.6 Å². The van der Waals surface area contributed by atoms with E-state index in [4.69, 9.17) is 0 Å². The molecule has 4 nitrogen and oxygen atoms in total. The summed E-state index contributed by atoms with van der Waals surface area (Å²) in [6, 6.07) is 27.3. The Labute approximate surface area is 196 Å². The lowest BCUT2D eigenvalue weighted by Gasteiger charge is -2.31. The smallest absolute Gasteiger partial charge is 0.282 e. The summed E-state index contributed by atoms with van der Waals surface area (Å²) in [6.45, 7) is 1.16. The maximum atomic E-state index is 14.0. The van der Waals surface area contributed by atoms with E-state index in [9.17, 15) is 14.0 Å². The highest BCUT2D eigenvalue weighted by Crippen LogP contribution is 2.39. The van der Waals surface area contributed by atoms with Gasteiger partial charge in [-0.3, -0.25) is 9.59 Å². The summed E-state index contributed by atoms with van der Waals surface area (Å²) in [5, 5.41) is 1.78. The van der Waals surface area contributed by atoms with Gasteiger partial charge in [0.05, 0.1) is 11.3 Å². The summed E-state index contributed by atoms with van der Waals surface area (Å²) in [4.78, 5) is 31.1. The molecule has 0 N–H and O–H groups in total. The van der Waals surface area contributed by atoms with Gasteiger partial charge in [0, 0.05) is 18.5 Å². The lowest BCUT2D eigenvalue weighted by Crippen LogP contribution is -2.37. The van der Waals surface area contributed by atoms with Crippen molar-refractivity contribution in [3.63, 3.8) is 0 Å². The Morgan fingerprint density at radius 2 is 1.41 bits per heavy atom. The van der Waals surface area contributed by atoms with Gasteiger partial charge in [-0.25, -0.2) is 9.29 Å². The fourth-order valence-electron chi connectivity index (χ4n) is 5.00. The number of anilines is 1. The molecule has 34 heavy (non-hydrogen) atoms. The minimum absolute atomic E-state index is 0.317. The Balaban J connectivity index is 1.50. The predicted molar refractivity (Wildman–Crippen MR) is 130 cm³/mol. The largest absolute Gasteiger partial charge is 0.362 e. The number of rotatable bonds is 3. The van der Waals surface area contributed by atoms with Crippen molar-refractivity contribution in [3.8, 4) is 0 Å². The van der Waals surface area contributed by atoms with Crippen LogP contribution in [0.4, 0.5) is 10.1 Å². The van der Waals surface area contributed by atoms with E-state index in [0.717, 1.165) is 22.8 Å². The Morgan fingerprint density at radius 1 is 0.706 bits per heavy atom. The van der Waals surface area contributed by atoms with Crippen molar-refractivity contribution < 1.29 is 14.0 Å². The number of amides is 2. The first-order chi connectivity index (χ1) is 16.6. The summed E-state index contributed by atoms with van der Waals surface area (Å²) >= 11 is 0. The first-order valence-corrected chi connectivity index (χ1v) is 11.3. The second kappa shape index (κ2) is 7.96. The molecule has 0 bridgehead atoms. The van der Waals surface area contributed by atoms with E-state index >= 15 is 0 Å². The number of benzene rings is 4. The zero-order valence-corrected chi connectivity index (χ0v) is 18.4. The molecular weight excluding hydrogens is 427 g/mol. The van der Waals surface area contributed by atoms with E-state index in [1.165, 1.54) is 22.6 Å². The summed E-state index contributed by atoms with van der Waals surface area (Å²) in [7, 11) is 0. The van der Waals surface area contributed by atoms with Crippen molar-refractivity contribution >= 4 is 33.8 Å². The third-order valence-corrected chi connectivity index (χ3v) is 6.65. The maximum Gasteiger partial charge on any atom is 0.282 e. The SMILES string of the molecule is O=C1C(c2ccc(F)cc2)=C(N2CCc3ccccc3C2)C(=O)N1c1cccc2ccccc12. The fraction of sp³-hybridized carbons (Fsp3) is 0.103. The summed E-state index contributed by atoms with van der Waals surface area (Å²) in [5.41, 5.74) is 4.18. The third-order valence-electron chi connectivity index (χ3n) is 6.65. The number of carbonyl (C=O) groups is 2. The van der Waals surface area contributed by atoms with Gasteiger partial charge in [0.1, 0.15) is 11.5 Å². The monoisotopic (exact) mass is 448 g/mol. The van der Waals surface area contributed by atoms with Crippen LogP contribution in [0.1, 0.15) is 16.7 Å². The van der Waals surface area contributed by atoms with Crippen molar-refractivity contribution in [2.45, 2.75) is 13.0 Å². The van der Waals surface area contributed by atoms with Crippen LogP contribution in [-0.4, -0.2) is 23.3 Å². The standard InChI is InChI=1S/C29H21FN2O2/c30-23-14-12-21(13-15-23)26-27(31-17-16-19-6-1-2-8-22(19)18-31)29(34)32(28(26)33)25-11-5-9-20-7-3-4-10-24(20)25/h1-15H,16-18H2. The van der Waals surface area contributed by atoms with E-state index in [-0.39, 0.29) is 17.6 Å². The van der Waals surface area contributed by atoms with Crippen LogP contribution in [0.15, 0.2) is 96.7 Å². The molecule has 166 valence electrons. The number of hydrogen-bond acceptors (Lipinski definition) is 3. The average molecular weight is 448 g/mol. The molecule has 2 aliphatic heterocycles. The highest BCUT2D eigenvalue weighted by Gasteiger charge is 2.43. The molecule has 0 spiro atoms. The summed E-state index contributed by atoms with van der Waals surface area (Å²) < 4.78 is 13.7. The predicted octanol–water partition coefficient (Wildman–Crippen LogP) is 5.32. The first-order valence-electron chi connectivity index (χ1n) is 11.3. The molecule has 5 heteroatoms. The lowest BCUT2D eigenvalue weighted by molar-refractivity contribution is -0.120. The van der Waals surface area contributed by atoms with Gasteiger partial charge in [-0.05, 0) is 46.7 Å². The van der Waals surface area contributed by atoms with Crippen molar-refractivity contribution in [3.05, 3.63) is 119 Å². The molecule has 0 aromatic heterocycles. The van der Waals surface area contributed by atoms with Crippen LogP contribution >= 0.6 is 0 Å². The van der Waals surface area contributed by atoms with Crippen LogP contribution in [0.2, 0.25) is 0 Å². The number of hydrogen-bond donors (Lipinski definition) is 0. The van der Waals surface area contributed by atoms with Gasteiger partial charge in [-0.1, -0.05) is 72.8 Å². The van der Waals surface area contributed by atoms with Crippen LogP contribution in [0.3, 0.4) is 0 Å². The number of nitrogens with zero attached hydrogens (tertiary/aromatic N) is 2. The number of carbonyl (C=O) groups excluding carboxylic acids is 2. The number of halogens is 1. The Morgan fingerprint density at radius 3 is 2.24 bits per heavy atom. The molecule has 4 aromatic carbocycles. The van der Waals surface area contributed by atoms with E-state index in [0.29, 0.717) is 35.6 Å². The number of fused-ring (bicyclic) bond motifs is 2. The second-order valence-corrected chi connectivity index (χ2v) is 8.61. The van der Waals surface area contributed by atoms with Gasteiger partial charge in [0.15, 0.2) is 0 Å². The van der Waals surface area contributed by atoms with Crippen LogP contribution in [0, 0.1) is 5.82 Å². The molecule has 0 unspecified atom stereocenters. The molecule has 4 aromatic rings. The van der Waals surface area contributed by atoms with E-state index in [1.807, 2.05) is 53.4 Å². The van der Waals surface area contributed by atoms with E-state index < -0.39 is 0 Å². The van der Waals surface area contributed by atoms with Crippen molar-refractivity contribution in [1.82, 2.24) is 4.90 Å². The molecule has 2 heterocycles. The molecule has 2 aliphatic rings. The number of imide groups is 1. The van der Waals surface area contributed by atoms with Crippen LogP contribution in [0.5, 0.6) is 0 Å². The fourth-order valence-corrected chi connectivity index (χ4v) is 5.00. The molecule has 6 rings (SSSR count). The highest BCUT2D eigenvalue weighted by molar-refractivity contribution is 6.46. The van der Waals surface area contributed by atoms with Gasteiger partial charge < -0.3 is 4.90 Å². The molecular formula is C29H21FN2O2. The molecule has 0 radical (unpaired) electrons. The highest BCUT2D eigenvalue weighted by atomic mass is 19.1.